The van der Waals surface area contributed by atoms with Gasteiger partial charge in [-0.05, 0) is 0 Å². The number of aromatic nitrogens is 2. The molecule has 0 saturated carbocycles. The molecule has 0 aromatic carbocycles. The Labute approximate surface area is 100 Å². The standard InChI is InChI=1S/C11H8F3N3O/c1-17-5-7(4-15)9-10(17)8(2-3-16-9)18-6-11(12,13)14/h2-3,5H,6H2,1H3. The molecule has 0 radical (unpaired) electrons. The summed E-state index contributed by atoms with van der Waals surface area (Å²) in [5, 5.41) is 8.87. The molecule has 4 nitrogen and oxygen atoms in total. The number of ether oxygens (including phenoxy) is 1. The Morgan fingerprint density at radius 2 is 2.22 bits per heavy atom. The summed E-state index contributed by atoms with van der Waals surface area (Å²) in [5.41, 5.74) is 1.00. The van der Waals surface area contributed by atoms with Crippen molar-refractivity contribution in [2.24, 2.45) is 7.05 Å². The van der Waals surface area contributed by atoms with Crippen LogP contribution in [0.3, 0.4) is 0 Å². The van der Waals surface area contributed by atoms with Crippen molar-refractivity contribution in [3.05, 3.63) is 24.0 Å². The minimum absolute atomic E-state index is 0.0568. The van der Waals surface area contributed by atoms with E-state index in [4.69, 9.17) is 10.00 Å². The van der Waals surface area contributed by atoms with Gasteiger partial charge in [-0.15, -0.1) is 0 Å². The second-order valence-electron chi connectivity index (χ2n) is 3.68. The van der Waals surface area contributed by atoms with Crippen molar-refractivity contribution in [3.8, 4) is 11.8 Å². The van der Waals surface area contributed by atoms with E-state index in [0.717, 1.165) is 0 Å². The molecule has 2 aromatic heterocycles. The number of hydrogen-bond acceptors (Lipinski definition) is 3. The van der Waals surface area contributed by atoms with Crippen molar-refractivity contribution >= 4 is 11.0 Å². The van der Waals surface area contributed by atoms with E-state index in [0.29, 0.717) is 16.6 Å². The molecule has 94 valence electrons. The number of nitriles is 1. The molecule has 0 N–H and O–H groups in total. The quantitative estimate of drug-likeness (QED) is 0.827. The molecule has 0 unspecified atom stereocenters. The second kappa shape index (κ2) is 4.22. The SMILES string of the molecule is Cn1cc(C#N)c2nccc(OCC(F)(F)F)c21. The van der Waals surface area contributed by atoms with Crippen LogP contribution in [0.1, 0.15) is 5.56 Å². The van der Waals surface area contributed by atoms with Crippen molar-refractivity contribution in [1.29, 1.82) is 5.26 Å². The van der Waals surface area contributed by atoms with Gasteiger partial charge in [-0.25, -0.2) is 0 Å². The average Bonchev–Trinajstić information content (AvgIpc) is 2.63. The Hall–Kier alpha value is -2.23. The maximum absolute atomic E-state index is 12.1. The molecule has 0 spiro atoms. The Bertz CT molecular complexity index is 625. The number of pyridine rings is 1. The van der Waals surface area contributed by atoms with Crippen molar-refractivity contribution in [2.45, 2.75) is 6.18 Å². The summed E-state index contributed by atoms with van der Waals surface area (Å²) >= 11 is 0. The van der Waals surface area contributed by atoms with Crippen LogP contribution in [-0.4, -0.2) is 22.3 Å². The highest BCUT2D eigenvalue weighted by Gasteiger charge is 2.29. The van der Waals surface area contributed by atoms with E-state index < -0.39 is 12.8 Å². The molecule has 7 heteroatoms. The lowest BCUT2D eigenvalue weighted by Crippen LogP contribution is -2.19. The third kappa shape index (κ3) is 2.22. The highest BCUT2D eigenvalue weighted by atomic mass is 19.4. The van der Waals surface area contributed by atoms with Crippen LogP contribution in [0.2, 0.25) is 0 Å². The summed E-state index contributed by atoms with van der Waals surface area (Å²) in [5.74, 6) is 0.0568. The summed E-state index contributed by atoms with van der Waals surface area (Å²) in [4.78, 5) is 3.97. The third-order valence-corrected chi connectivity index (χ3v) is 2.33. The van der Waals surface area contributed by atoms with E-state index in [-0.39, 0.29) is 5.75 Å². The van der Waals surface area contributed by atoms with Gasteiger partial charge in [0.1, 0.15) is 22.9 Å². The van der Waals surface area contributed by atoms with E-state index in [1.165, 1.54) is 23.0 Å². The molecule has 2 aromatic rings. The summed E-state index contributed by atoms with van der Waals surface area (Å²) in [6.07, 6.45) is -1.59. The largest absolute Gasteiger partial charge is 0.482 e. The van der Waals surface area contributed by atoms with E-state index in [2.05, 4.69) is 4.98 Å². The first-order valence-corrected chi connectivity index (χ1v) is 4.96. The van der Waals surface area contributed by atoms with Gasteiger partial charge < -0.3 is 9.30 Å². The van der Waals surface area contributed by atoms with E-state index in [1.807, 2.05) is 6.07 Å². The molecule has 0 aliphatic rings. The Balaban J connectivity index is 2.46. The predicted molar refractivity (Wildman–Crippen MR) is 57.0 cm³/mol. The normalized spacial score (nSPS) is 11.5. The van der Waals surface area contributed by atoms with Crippen LogP contribution in [0.4, 0.5) is 13.2 Å². The summed E-state index contributed by atoms with van der Waals surface area (Å²) in [7, 11) is 1.62. The predicted octanol–water partition coefficient (Wildman–Crippen LogP) is 2.39. The van der Waals surface area contributed by atoms with Crippen LogP contribution in [-0.2, 0) is 7.05 Å². The minimum Gasteiger partial charge on any atom is -0.482 e. The van der Waals surface area contributed by atoms with Gasteiger partial charge in [-0.3, -0.25) is 4.98 Å². The summed E-state index contributed by atoms with van der Waals surface area (Å²) in [6.45, 7) is -1.38. The number of fused-ring (bicyclic) bond motifs is 1. The zero-order valence-corrected chi connectivity index (χ0v) is 9.32. The number of aryl methyl sites for hydroxylation is 1. The Kier molecular flexibility index (Phi) is 2.87. The zero-order chi connectivity index (χ0) is 13.3. The fourth-order valence-electron chi connectivity index (χ4n) is 1.65. The number of nitrogens with zero attached hydrogens (tertiary/aromatic N) is 3. The lowest BCUT2D eigenvalue weighted by atomic mass is 10.3. The topological polar surface area (TPSA) is 50.8 Å². The van der Waals surface area contributed by atoms with Crippen LogP contribution in [0.5, 0.6) is 5.75 Å². The van der Waals surface area contributed by atoms with Crippen molar-refractivity contribution in [3.63, 3.8) is 0 Å². The van der Waals surface area contributed by atoms with Gasteiger partial charge in [0.2, 0.25) is 0 Å². The fourth-order valence-corrected chi connectivity index (χ4v) is 1.65. The van der Waals surface area contributed by atoms with Gasteiger partial charge in [0.15, 0.2) is 6.61 Å². The first-order valence-electron chi connectivity index (χ1n) is 4.96. The number of rotatable bonds is 2. The smallest absolute Gasteiger partial charge is 0.422 e. The number of halogens is 3. The first kappa shape index (κ1) is 12.2. The van der Waals surface area contributed by atoms with Gasteiger partial charge >= 0.3 is 6.18 Å². The van der Waals surface area contributed by atoms with Gasteiger partial charge in [-0.1, -0.05) is 0 Å². The fraction of sp³-hybridized carbons (Fsp3) is 0.273. The average molecular weight is 255 g/mol. The van der Waals surface area contributed by atoms with Crippen molar-refractivity contribution in [2.75, 3.05) is 6.61 Å². The summed E-state index contributed by atoms with van der Waals surface area (Å²) in [6, 6.07) is 3.27. The Morgan fingerprint density at radius 3 is 2.83 bits per heavy atom. The molecule has 0 atom stereocenters. The van der Waals surface area contributed by atoms with Crippen LogP contribution in [0.15, 0.2) is 18.5 Å². The molecule has 0 saturated heterocycles. The van der Waals surface area contributed by atoms with Gasteiger partial charge in [0.05, 0.1) is 5.56 Å². The highest BCUT2D eigenvalue weighted by Crippen LogP contribution is 2.28. The van der Waals surface area contributed by atoms with Gasteiger partial charge in [0.25, 0.3) is 0 Å². The van der Waals surface area contributed by atoms with E-state index in [1.54, 1.807) is 7.05 Å². The maximum atomic E-state index is 12.1. The molecular formula is C11H8F3N3O. The van der Waals surface area contributed by atoms with Crippen LogP contribution in [0.25, 0.3) is 11.0 Å². The minimum atomic E-state index is -4.40. The lowest BCUT2D eigenvalue weighted by Gasteiger charge is -2.10. The maximum Gasteiger partial charge on any atom is 0.422 e. The lowest BCUT2D eigenvalue weighted by molar-refractivity contribution is -0.153. The van der Waals surface area contributed by atoms with Crippen molar-refractivity contribution < 1.29 is 17.9 Å². The van der Waals surface area contributed by atoms with E-state index in [9.17, 15) is 13.2 Å². The van der Waals surface area contributed by atoms with Gasteiger partial charge in [0, 0.05) is 25.5 Å². The number of hydrogen-bond donors (Lipinski definition) is 0. The summed E-state index contributed by atoms with van der Waals surface area (Å²) < 4.78 is 42.6. The molecule has 2 rings (SSSR count). The molecule has 18 heavy (non-hydrogen) atoms. The molecule has 0 fully saturated rings. The zero-order valence-electron chi connectivity index (χ0n) is 9.32. The van der Waals surface area contributed by atoms with E-state index >= 15 is 0 Å². The number of alkyl halides is 3. The molecular weight excluding hydrogens is 247 g/mol. The molecule has 0 aliphatic heterocycles. The Morgan fingerprint density at radius 1 is 1.50 bits per heavy atom. The second-order valence-corrected chi connectivity index (χ2v) is 3.68. The molecule has 0 bridgehead atoms. The monoisotopic (exact) mass is 255 g/mol. The molecule has 2 heterocycles. The third-order valence-electron chi connectivity index (χ3n) is 2.33. The van der Waals surface area contributed by atoms with Gasteiger partial charge in [-0.2, -0.15) is 18.4 Å². The first-order chi connectivity index (χ1) is 8.42. The molecule has 0 amide bonds. The van der Waals surface area contributed by atoms with Crippen LogP contribution >= 0.6 is 0 Å². The van der Waals surface area contributed by atoms with Crippen LogP contribution < -0.4 is 4.74 Å². The highest BCUT2D eigenvalue weighted by molar-refractivity contribution is 5.87. The molecule has 0 aliphatic carbocycles. The van der Waals surface area contributed by atoms with Crippen LogP contribution in [0, 0.1) is 11.3 Å². The van der Waals surface area contributed by atoms with Crippen molar-refractivity contribution in [1.82, 2.24) is 9.55 Å².